The van der Waals surface area contributed by atoms with Gasteiger partial charge in [-0.15, -0.1) is 0 Å². The number of para-hydroxylation sites is 1. The molecule has 1 saturated carbocycles. The number of aryl methyl sites for hydroxylation is 1. The van der Waals surface area contributed by atoms with E-state index in [4.69, 9.17) is 4.74 Å². The maximum absolute atomic E-state index is 13.1. The third kappa shape index (κ3) is 8.60. The Hall–Kier alpha value is -4.91. The van der Waals surface area contributed by atoms with Gasteiger partial charge in [0.1, 0.15) is 11.8 Å². The molecule has 4 aromatic carbocycles. The number of aliphatic carboxylic acids is 1. The molecule has 1 atom stereocenters. The Morgan fingerprint density at radius 3 is 2.31 bits per heavy atom. The number of hydrogen-bond acceptors (Lipinski definition) is 5. The van der Waals surface area contributed by atoms with Crippen LogP contribution in [0.5, 0.6) is 5.75 Å². The quantitative estimate of drug-likeness (QED) is 0.113. The van der Waals surface area contributed by atoms with Crippen LogP contribution >= 0.6 is 0 Å². The minimum Gasteiger partial charge on any atom is -0.494 e. The van der Waals surface area contributed by atoms with E-state index in [1.165, 1.54) is 5.56 Å². The minimum atomic E-state index is -1.01. The molecule has 2 N–H and O–H groups in total. The number of ketones is 1. The van der Waals surface area contributed by atoms with E-state index in [1.807, 2.05) is 41.3 Å². The van der Waals surface area contributed by atoms with Gasteiger partial charge in [0, 0.05) is 42.2 Å². The smallest absolute Gasteiger partial charge is 0.326 e. The highest BCUT2D eigenvalue weighted by Crippen LogP contribution is 2.29. The van der Waals surface area contributed by atoms with Crippen molar-refractivity contribution in [3.63, 3.8) is 0 Å². The zero-order valence-corrected chi connectivity index (χ0v) is 25.7. The lowest BCUT2D eigenvalue weighted by molar-refractivity contribution is -0.139. The highest BCUT2D eigenvalue weighted by atomic mass is 16.5. The molecule has 0 aliphatic heterocycles. The first-order chi connectivity index (χ1) is 21.9. The molecule has 7 heteroatoms. The molecular formula is C38H40N2O5. The fourth-order valence-corrected chi connectivity index (χ4v) is 5.55. The first kappa shape index (κ1) is 31.5. The van der Waals surface area contributed by atoms with Crippen molar-refractivity contribution in [3.8, 4) is 5.75 Å². The normalized spacial score (nSPS) is 13.4. The summed E-state index contributed by atoms with van der Waals surface area (Å²) in [5.41, 5.74) is 4.59. The molecule has 4 aromatic rings. The molecule has 232 valence electrons. The average molecular weight is 605 g/mol. The van der Waals surface area contributed by atoms with Crippen LogP contribution in [0.25, 0.3) is 0 Å². The van der Waals surface area contributed by atoms with E-state index in [1.54, 1.807) is 48.5 Å². The van der Waals surface area contributed by atoms with Crippen LogP contribution in [0.15, 0.2) is 103 Å². The van der Waals surface area contributed by atoms with E-state index < -0.39 is 12.0 Å². The van der Waals surface area contributed by atoms with Gasteiger partial charge in [-0.25, -0.2) is 4.79 Å². The third-order valence-electron chi connectivity index (χ3n) is 8.26. The van der Waals surface area contributed by atoms with Crippen molar-refractivity contribution in [2.75, 3.05) is 18.5 Å². The van der Waals surface area contributed by atoms with Gasteiger partial charge in [0.05, 0.1) is 6.61 Å². The molecule has 1 fully saturated rings. The minimum absolute atomic E-state index is 0.144. The number of rotatable bonds is 15. The Kier molecular flexibility index (Phi) is 10.6. The summed E-state index contributed by atoms with van der Waals surface area (Å²) in [7, 11) is 0. The molecule has 1 amide bonds. The van der Waals surface area contributed by atoms with Gasteiger partial charge in [-0.2, -0.15) is 0 Å². The zero-order valence-electron chi connectivity index (χ0n) is 25.7. The van der Waals surface area contributed by atoms with Crippen LogP contribution in [0.4, 0.5) is 5.69 Å². The molecule has 0 heterocycles. The van der Waals surface area contributed by atoms with Crippen LogP contribution in [-0.2, 0) is 22.6 Å². The van der Waals surface area contributed by atoms with Gasteiger partial charge < -0.3 is 20.1 Å². The van der Waals surface area contributed by atoms with Crippen LogP contribution in [-0.4, -0.2) is 46.9 Å². The number of nitrogens with one attached hydrogen (secondary N) is 1. The second-order valence-electron chi connectivity index (χ2n) is 11.7. The maximum Gasteiger partial charge on any atom is 0.326 e. The second kappa shape index (κ2) is 15.2. The van der Waals surface area contributed by atoms with E-state index in [0.29, 0.717) is 48.7 Å². The Labute approximate surface area is 264 Å². The van der Waals surface area contributed by atoms with Gasteiger partial charge >= 0.3 is 5.97 Å². The summed E-state index contributed by atoms with van der Waals surface area (Å²) < 4.78 is 5.99. The fourth-order valence-electron chi connectivity index (χ4n) is 5.55. The van der Waals surface area contributed by atoms with E-state index in [2.05, 4.69) is 30.4 Å². The lowest BCUT2D eigenvalue weighted by atomic mass is 9.84. The summed E-state index contributed by atoms with van der Waals surface area (Å²) in [6.45, 7) is 3.76. The lowest BCUT2D eigenvalue weighted by Gasteiger charge is -2.32. The molecule has 1 aliphatic rings. The summed E-state index contributed by atoms with van der Waals surface area (Å²) >= 11 is 0. The topological polar surface area (TPSA) is 95.9 Å². The molecule has 0 bridgehead atoms. The van der Waals surface area contributed by atoms with Crippen LogP contribution in [0.2, 0.25) is 0 Å². The number of hydrogen-bond donors (Lipinski definition) is 2. The summed E-state index contributed by atoms with van der Waals surface area (Å²) in [5.74, 6) is -0.113. The summed E-state index contributed by atoms with van der Waals surface area (Å²) in [6.07, 6.45) is 4.00. The number of carbonyl (C=O) groups is 3. The first-order valence-electron chi connectivity index (χ1n) is 15.6. The number of carboxylic acids is 1. The van der Waals surface area contributed by atoms with Crippen molar-refractivity contribution < 1.29 is 24.2 Å². The SMILES string of the molecule is Cc1cccc(CN(CCCOc2ccc(CC(Nc3ccccc3C(=O)c3ccccc3)C(=O)O)cc2)C(=O)C2CCC2)c1. The average Bonchev–Trinajstić information content (AvgIpc) is 3.02. The number of benzene rings is 4. The van der Waals surface area contributed by atoms with Crippen molar-refractivity contribution in [2.45, 2.75) is 51.6 Å². The van der Waals surface area contributed by atoms with Crippen molar-refractivity contribution in [1.29, 1.82) is 0 Å². The van der Waals surface area contributed by atoms with Gasteiger partial charge in [0.25, 0.3) is 0 Å². The van der Waals surface area contributed by atoms with Gasteiger partial charge in [0.2, 0.25) is 5.91 Å². The predicted molar refractivity (Wildman–Crippen MR) is 176 cm³/mol. The first-order valence-corrected chi connectivity index (χ1v) is 15.6. The van der Waals surface area contributed by atoms with Crippen LogP contribution in [0, 0.1) is 12.8 Å². The van der Waals surface area contributed by atoms with Crippen LogP contribution < -0.4 is 10.1 Å². The summed E-state index contributed by atoms with van der Waals surface area (Å²) in [6, 6.07) is 30.7. The van der Waals surface area contributed by atoms with Crippen molar-refractivity contribution in [1.82, 2.24) is 4.90 Å². The molecule has 0 spiro atoms. The number of carboxylic acid groups (broad SMARTS) is 1. The fraction of sp³-hybridized carbons (Fsp3) is 0.289. The molecule has 0 saturated heterocycles. The van der Waals surface area contributed by atoms with Crippen molar-refractivity contribution in [3.05, 3.63) is 131 Å². The molecule has 0 aromatic heterocycles. The van der Waals surface area contributed by atoms with Gasteiger partial charge in [-0.1, -0.05) is 90.8 Å². The number of amides is 1. The van der Waals surface area contributed by atoms with E-state index in [-0.39, 0.29) is 24.0 Å². The highest BCUT2D eigenvalue weighted by Gasteiger charge is 2.29. The van der Waals surface area contributed by atoms with Crippen molar-refractivity contribution in [2.24, 2.45) is 5.92 Å². The Morgan fingerprint density at radius 2 is 1.62 bits per heavy atom. The van der Waals surface area contributed by atoms with Crippen LogP contribution in [0.1, 0.15) is 58.3 Å². The summed E-state index contributed by atoms with van der Waals surface area (Å²) in [5, 5.41) is 13.1. The Morgan fingerprint density at radius 1 is 0.889 bits per heavy atom. The van der Waals surface area contributed by atoms with E-state index in [9.17, 15) is 19.5 Å². The maximum atomic E-state index is 13.1. The van der Waals surface area contributed by atoms with E-state index in [0.717, 1.165) is 30.4 Å². The molecule has 0 radical (unpaired) electrons. The van der Waals surface area contributed by atoms with Crippen LogP contribution in [0.3, 0.4) is 0 Å². The van der Waals surface area contributed by atoms with Gasteiger partial charge in [0.15, 0.2) is 5.78 Å². The molecule has 1 aliphatic carbocycles. The molecule has 7 nitrogen and oxygen atoms in total. The monoisotopic (exact) mass is 604 g/mol. The number of ether oxygens (including phenoxy) is 1. The zero-order chi connectivity index (χ0) is 31.6. The second-order valence-corrected chi connectivity index (χ2v) is 11.7. The molecule has 1 unspecified atom stereocenters. The molecule has 5 rings (SSSR count). The number of anilines is 1. The standard InChI is InChI=1S/C38H40N2O5/c1-27-10-7-11-29(24-27)26-40(37(42)31-14-8-15-31)22-9-23-45-32-20-18-28(19-21-32)25-35(38(43)44)39-34-17-6-5-16-33(34)36(41)30-12-3-2-4-13-30/h2-7,10-13,16-21,24,31,35,39H,8-9,14-15,22-23,25-26H2,1H3,(H,43,44). The van der Waals surface area contributed by atoms with Gasteiger partial charge in [-0.05, 0) is 61.6 Å². The lowest BCUT2D eigenvalue weighted by Crippen LogP contribution is -2.39. The number of nitrogens with zero attached hydrogens (tertiary/aromatic N) is 1. The van der Waals surface area contributed by atoms with Crippen molar-refractivity contribution >= 4 is 23.3 Å². The largest absolute Gasteiger partial charge is 0.494 e. The Bertz CT molecular complexity index is 1600. The highest BCUT2D eigenvalue weighted by molar-refractivity contribution is 6.12. The van der Waals surface area contributed by atoms with E-state index >= 15 is 0 Å². The third-order valence-corrected chi connectivity index (χ3v) is 8.26. The predicted octanol–water partition coefficient (Wildman–Crippen LogP) is 6.93. The number of carbonyl (C=O) groups excluding carboxylic acids is 2. The molecule has 45 heavy (non-hydrogen) atoms. The summed E-state index contributed by atoms with van der Waals surface area (Å²) in [4.78, 5) is 40.4. The molecular weight excluding hydrogens is 564 g/mol. The van der Waals surface area contributed by atoms with Gasteiger partial charge in [-0.3, -0.25) is 9.59 Å². The Balaban J connectivity index is 1.15.